The van der Waals surface area contributed by atoms with Crippen molar-refractivity contribution in [2.24, 2.45) is 0 Å². The summed E-state index contributed by atoms with van der Waals surface area (Å²) in [6.07, 6.45) is 0. The largest absolute Gasteiger partial charge is 0.495 e. The maximum absolute atomic E-state index is 12.0. The Bertz CT molecular complexity index is 657. The number of rotatable bonds is 7. The minimum Gasteiger partial charge on any atom is -0.495 e. The number of benzene rings is 1. The van der Waals surface area contributed by atoms with Crippen LogP contribution in [0.3, 0.4) is 0 Å². The van der Waals surface area contributed by atoms with E-state index in [0.29, 0.717) is 0 Å². The molecule has 1 atom stereocenters. The van der Waals surface area contributed by atoms with Crippen molar-refractivity contribution in [3.8, 4) is 5.75 Å². The lowest BCUT2D eigenvalue weighted by molar-refractivity contribution is -0.385. The summed E-state index contributed by atoms with van der Waals surface area (Å²) in [6, 6.07) is 1.000. The van der Waals surface area contributed by atoms with E-state index < -0.39 is 38.5 Å². The van der Waals surface area contributed by atoms with Gasteiger partial charge in [0.25, 0.3) is 5.69 Å². The molecular weight excluding hydrogens is 308 g/mol. The molecule has 0 fully saturated rings. The fourth-order valence-electron chi connectivity index (χ4n) is 1.41. The van der Waals surface area contributed by atoms with Crippen molar-refractivity contribution in [1.29, 1.82) is 0 Å². The molecule has 11 heteroatoms. The molecule has 10 nitrogen and oxygen atoms in total. The molecule has 0 aliphatic rings. The number of methoxy groups -OCH3 is 1. The zero-order chi connectivity index (χ0) is 16.2. The van der Waals surface area contributed by atoms with Gasteiger partial charge in [0, 0.05) is 6.07 Å². The van der Waals surface area contributed by atoms with E-state index in [0.717, 1.165) is 25.3 Å². The van der Waals surface area contributed by atoms with E-state index in [9.17, 15) is 23.3 Å². The summed E-state index contributed by atoms with van der Waals surface area (Å²) in [6.45, 7) is -0.955. The molecule has 1 aromatic rings. The first-order chi connectivity index (χ1) is 9.72. The number of ether oxygens (including phenoxy) is 1. The molecule has 3 N–H and O–H groups in total. The molecule has 0 saturated heterocycles. The fourth-order valence-corrected chi connectivity index (χ4v) is 2.74. The third kappa shape index (κ3) is 3.87. The van der Waals surface area contributed by atoms with Crippen molar-refractivity contribution in [1.82, 2.24) is 4.72 Å². The molecule has 0 aromatic heterocycles. The molecule has 116 valence electrons. The van der Waals surface area contributed by atoms with Gasteiger partial charge in [0.1, 0.15) is 16.7 Å². The average molecular weight is 320 g/mol. The standard InChI is InChI=1S/C10H12N2O8S/c1-20-8-4-6(12(16)17)2-3-9(8)21(18,19)11-7(5-13)10(14)15/h2-4,7,11,13H,5H2,1H3,(H,14,15)/t7-/m0/s1. The molecule has 1 aromatic carbocycles. The first-order valence-corrected chi connectivity index (χ1v) is 6.89. The number of non-ortho nitro benzene ring substituents is 1. The van der Waals surface area contributed by atoms with Gasteiger partial charge in [0.2, 0.25) is 10.0 Å². The summed E-state index contributed by atoms with van der Waals surface area (Å²) in [5, 5.41) is 28.2. The highest BCUT2D eigenvalue weighted by molar-refractivity contribution is 7.89. The van der Waals surface area contributed by atoms with Crippen LogP contribution in [0.25, 0.3) is 0 Å². The van der Waals surface area contributed by atoms with Gasteiger partial charge < -0.3 is 14.9 Å². The van der Waals surface area contributed by atoms with Crippen LogP contribution in [0, 0.1) is 10.1 Å². The monoisotopic (exact) mass is 320 g/mol. The van der Waals surface area contributed by atoms with E-state index in [1.54, 1.807) is 4.72 Å². The highest BCUT2D eigenvalue weighted by atomic mass is 32.2. The number of nitrogens with one attached hydrogen (secondary N) is 1. The van der Waals surface area contributed by atoms with Gasteiger partial charge in [-0.2, -0.15) is 4.72 Å². The van der Waals surface area contributed by atoms with E-state index in [2.05, 4.69) is 0 Å². The number of sulfonamides is 1. The molecule has 21 heavy (non-hydrogen) atoms. The van der Waals surface area contributed by atoms with Crippen LogP contribution in [0.2, 0.25) is 0 Å². The van der Waals surface area contributed by atoms with Gasteiger partial charge in [0.15, 0.2) is 0 Å². The maximum atomic E-state index is 12.0. The molecular formula is C10H12N2O8S. The second kappa shape index (κ2) is 6.47. The summed E-state index contributed by atoms with van der Waals surface area (Å²) in [5.41, 5.74) is -0.386. The van der Waals surface area contributed by atoms with E-state index in [1.807, 2.05) is 0 Å². The van der Waals surface area contributed by atoms with E-state index in [1.165, 1.54) is 0 Å². The van der Waals surface area contributed by atoms with Gasteiger partial charge in [-0.3, -0.25) is 14.9 Å². The van der Waals surface area contributed by atoms with E-state index >= 15 is 0 Å². The number of aliphatic hydroxyl groups excluding tert-OH is 1. The van der Waals surface area contributed by atoms with Crippen molar-refractivity contribution in [3.63, 3.8) is 0 Å². The van der Waals surface area contributed by atoms with Gasteiger partial charge in [-0.05, 0) is 6.07 Å². The topological polar surface area (TPSA) is 156 Å². The lowest BCUT2D eigenvalue weighted by atomic mass is 10.3. The van der Waals surface area contributed by atoms with Crippen LogP contribution in [0.5, 0.6) is 5.75 Å². The molecule has 1 rings (SSSR count). The zero-order valence-corrected chi connectivity index (χ0v) is 11.5. The zero-order valence-electron chi connectivity index (χ0n) is 10.7. The number of nitro benzene ring substituents is 1. The van der Waals surface area contributed by atoms with Crippen molar-refractivity contribution in [3.05, 3.63) is 28.3 Å². The van der Waals surface area contributed by atoms with Crippen LogP contribution in [0.1, 0.15) is 0 Å². The van der Waals surface area contributed by atoms with Gasteiger partial charge in [0.05, 0.1) is 24.7 Å². The SMILES string of the molecule is COc1cc([N+](=O)[O-])ccc1S(=O)(=O)N[C@@H](CO)C(=O)O. The number of nitrogens with zero attached hydrogens (tertiary/aromatic N) is 1. The molecule has 0 aliphatic carbocycles. The van der Waals surface area contributed by atoms with Crippen LogP contribution in [0.15, 0.2) is 23.1 Å². The van der Waals surface area contributed by atoms with Crippen LogP contribution >= 0.6 is 0 Å². The summed E-state index contributed by atoms with van der Waals surface area (Å²) in [7, 11) is -3.23. The van der Waals surface area contributed by atoms with Gasteiger partial charge in [-0.25, -0.2) is 8.42 Å². The van der Waals surface area contributed by atoms with E-state index in [-0.39, 0.29) is 11.4 Å². The number of aliphatic carboxylic acids is 1. The van der Waals surface area contributed by atoms with Crippen molar-refractivity contribution in [2.45, 2.75) is 10.9 Å². The third-order valence-corrected chi connectivity index (χ3v) is 3.94. The Kier molecular flexibility index (Phi) is 5.18. The lowest BCUT2D eigenvalue weighted by Gasteiger charge is -2.14. The van der Waals surface area contributed by atoms with Crippen LogP contribution in [-0.2, 0) is 14.8 Å². The number of nitro groups is 1. The number of carboxylic acids is 1. The Morgan fingerprint density at radius 2 is 2.14 bits per heavy atom. The number of carboxylic acid groups (broad SMARTS) is 1. The Balaban J connectivity index is 3.25. The number of carbonyl (C=O) groups is 1. The van der Waals surface area contributed by atoms with Crippen molar-refractivity contribution < 1.29 is 33.1 Å². The number of hydrogen-bond acceptors (Lipinski definition) is 7. The third-order valence-electron chi connectivity index (χ3n) is 2.43. The highest BCUT2D eigenvalue weighted by Crippen LogP contribution is 2.28. The summed E-state index contributed by atoms with van der Waals surface area (Å²) < 4.78 is 30.6. The number of aliphatic hydroxyl groups is 1. The number of hydrogen-bond donors (Lipinski definition) is 3. The predicted octanol–water partition coefficient (Wildman–Crippen LogP) is -0.673. The van der Waals surface area contributed by atoms with Crippen LogP contribution in [0.4, 0.5) is 5.69 Å². The molecule has 0 bridgehead atoms. The second-order valence-electron chi connectivity index (χ2n) is 3.79. The minimum absolute atomic E-state index is 0.321. The van der Waals surface area contributed by atoms with E-state index in [4.69, 9.17) is 14.9 Å². The summed E-state index contributed by atoms with van der Waals surface area (Å²) in [4.78, 5) is 20.1. The summed E-state index contributed by atoms with van der Waals surface area (Å²) in [5.74, 6) is -1.89. The molecule has 0 spiro atoms. The van der Waals surface area contributed by atoms with Crippen molar-refractivity contribution in [2.75, 3.05) is 13.7 Å². The summed E-state index contributed by atoms with van der Waals surface area (Å²) >= 11 is 0. The molecule has 0 amide bonds. The first-order valence-electron chi connectivity index (χ1n) is 5.41. The first kappa shape index (κ1) is 16.8. The maximum Gasteiger partial charge on any atom is 0.324 e. The Labute approximate surface area is 119 Å². The lowest BCUT2D eigenvalue weighted by Crippen LogP contribution is -2.43. The molecule has 0 aliphatic heterocycles. The van der Waals surface area contributed by atoms with Gasteiger partial charge in [-0.15, -0.1) is 0 Å². The molecule has 0 unspecified atom stereocenters. The average Bonchev–Trinajstić information content (AvgIpc) is 2.43. The van der Waals surface area contributed by atoms with Gasteiger partial charge in [-0.1, -0.05) is 0 Å². The Hall–Kier alpha value is -2.24. The van der Waals surface area contributed by atoms with Crippen molar-refractivity contribution >= 4 is 21.7 Å². The predicted molar refractivity (Wildman–Crippen MR) is 68.5 cm³/mol. The second-order valence-corrected chi connectivity index (χ2v) is 5.47. The van der Waals surface area contributed by atoms with Crippen LogP contribution < -0.4 is 9.46 Å². The molecule has 0 saturated carbocycles. The molecule has 0 radical (unpaired) electrons. The smallest absolute Gasteiger partial charge is 0.324 e. The van der Waals surface area contributed by atoms with Gasteiger partial charge >= 0.3 is 5.97 Å². The highest BCUT2D eigenvalue weighted by Gasteiger charge is 2.28. The van der Waals surface area contributed by atoms with Crippen LogP contribution in [-0.4, -0.2) is 49.3 Å². The normalized spacial score (nSPS) is 12.7. The Morgan fingerprint density at radius 3 is 2.57 bits per heavy atom. The molecule has 0 heterocycles. The fraction of sp³-hybridized carbons (Fsp3) is 0.300. The quantitative estimate of drug-likeness (QED) is 0.441. The Morgan fingerprint density at radius 1 is 1.52 bits per heavy atom. The minimum atomic E-state index is -4.34.